The Morgan fingerprint density at radius 3 is 1.67 bits per heavy atom. The zero-order valence-corrected chi connectivity index (χ0v) is 5.92. The maximum Gasteiger partial charge on any atom is 2.00 e. The molecule has 0 radical (unpaired) electrons. The monoisotopic (exact) mass is 266 g/mol. The summed E-state index contributed by atoms with van der Waals surface area (Å²) in [6.07, 6.45) is 2.78. The summed E-state index contributed by atoms with van der Waals surface area (Å²) in [6, 6.07) is 0. The maximum atomic E-state index is 3.22. The molecule has 1 N–H and O–H groups in total. The third-order valence-electron chi connectivity index (χ3n) is 0.957. The summed E-state index contributed by atoms with van der Waals surface area (Å²) >= 11 is 0. The van der Waals surface area contributed by atoms with Gasteiger partial charge in [-0.3, -0.25) is 0 Å². The van der Waals surface area contributed by atoms with Gasteiger partial charge < -0.3 is 5.32 Å². The van der Waals surface area contributed by atoms with Crippen molar-refractivity contribution >= 4 is 0 Å². The standard InChI is InChI=1S/C4H9N.Pt/c1-2-4-5-3-1;/h5H,1-4H2;/q;+2. The van der Waals surface area contributed by atoms with E-state index in [-0.39, 0.29) is 21.1 Å². The third-order valence-corrected chi connectivity index (χ3v) is 0.957. The average Bonchev–Trinajstić information content (AvgIpc) is 1.76. The van der Waals surface area contributed by atoms with E-state index in [1.54, 1.807) is 0 Å². The van der Waals surface area contributed by atoms with Gasteiger partial charge in [-0.25, -0.2) is 0 Å². The van der Waals surface area contributed by atoms with Crippen molar-refractivity contribution in [3.05, 3.63) is 0 Å². The molecule has 1 aliphatic heterocycles. The first-order chi connectivity index (χ1) is 2.50. The van der Waals surface area contributed by atoms with Crippen LogP contribution in [0.4, 0.5) is 0 Å². The Hall–Kier alpha value is 0.648. The fourth-order valence-electron chi connectivity index (χ4n) is 0.625. The molecule has 0 aliphatic carbocycles. The van der Waals surface area contributed by atoms with Crippen molar-refractivity contribution in [2.24, 2.45) is 0 Å². The SMILES string of the molecule is C1CCNC1.[Pt+2]. The van der Waals surface area contributed by atoms with Gasteiger partial charge in [0, 0.05) is 0 Å². The van der Waals surface area contributed by atoms with E-state index in [1.165, 1.54) is 25.9 Å². The largest absolute Gasteiger partial charge is 2.00 e. The van der Waals surface area contributed by atoms with E-state index in [0.29, 0.717) is 0 Å². The third kappa shape index (κ3) is 1.94. The summed E-state index contributed by atoms with van der Waals surface area (Å²) in [5, 5.41) is 3.22. The molecule has 1 aliphatic rings. The van der Waals surface area contributed by atoms with Crippen LogP contribution < -0.4 is 5.32 Å². The average molecular weight is 266 g/mol. The van der Waals surface area contributed by atoms with Gasteiger partial charge in [-0.2, -0.15) is 0 Å². The summed E-state index contributed by atoms with van der Waals surface area (Å²) in [5.41, 5.74) is 0. The van der Waals surface area contributed by atoms with Gasteiger partial charge in [0.05, 0.1) is 0 Å². The summed E-state index contributed by atoms with van der Waals surface area (Å²) < 4.78 is 0. The van der Waals surface area contributed by atoms with E-state index in [4.69, 9.17) is 0 Å². The van der Waals surface area contributed by atoms with Gasteiger partial charge in [0.2, 0.25) is 0 Å². The number of hydrogen-bond acceptors (Lipinski definition) is 1. The fourth-order valence-corrected chi connectivity index (χ4v) is 0.625. The van der Waals surface area contributed by atoms with Crippen LogP contribution >= 0.6 is 0 Å². The molecule has 1 nitrogen and oxygen atoms in total. The summed E-state index contributed by atoms with van der Waals surface area (Å²) in [5.74, 6) is 0. The molecule has 0 saturated carbocycles. The Bertz CT molecular complexity index is 19.1. The van der Waals surface area contributed by atoms with Crippen molar-refractivity contribution < 1.29 is 21.1 Å². The topological polar surface area (TPSA) is 12.0 Å². The van der Waals surface area contributed by atoms with Crippen molar-refractivity contribution in [3.8, 4) is 0 Å². The molecule has 1 rings (SSSR count). The first-order valence-electron chi connectivity index (χ1n) is 2.21. The van der Waals surface area contributed by atoms with Crippen molar-refractivity contribution in [2.45, 2.75) is 12.8 Å². The van der Waals surface area contributed by atoms with Gasteiger partial charge in [-0.05, 0) is 25.9 Å². The van der Waals surface area contributed by atoms with E-state index in [0.717, 1.165) is 0 Å². The van der Waals surface area contributed by atoms with Crippen LogP contribution in [0.15, 0.2) is 0 Å². The van der Waals surface area contributed by atoms with Gasteiger partial charge in [0.25, 0.3) is 0 Å². The molecule has 2 heteroatoms. The van der Waals surface area contributed by atoms with E-state index >= 15 is 0 Å². The summed E-state index contributed by atoms with van der Waals surface area (Å²) in [4.78, 5) is 0. The predicted octanol–water partition coefficient (Wildman–Crippen LogP) is 0.367. The molecule has 0 bridgehead atoms. The molecular formula is C4H9NPt+2. The molecule has 0 amide bonds. The molecule has 1 fully saturated rings. The van der Waals surface area contributed by atoms with E-state index in [2.05, 4.69) is 5.32 Å². The van der Waals surface area contributed by atoms with Crippen LogP contribution in [-0.4, -0.2) is 13.1 Å². The Morgan fingerprint density at radius 1 is 1.00 bits per heavy atom. The Kier molecular flexibility index (Phi) is 4.24. The molecule has 38 valence electrons. The van der Waals surface area contributed by atoms with Crippen LogP contribution in [0, 0.1) is 0 Å². The number of rotatable bonds is 0. The van der Waals surface area contributed by atoms with Crippen LogP contribution in [0.25, 0.3) is 0 Å². The van der Waals surface area contributed by atoms with Crippen molar-refractivity contribution in [1.29, 1.82) is 0 Å². The molecule has 0 spiro atoms. The normalized spacial score (nSPS) is 20.0. The minimum Gasteiger partial charge on any atom is -0.317 e. The zero-order valence-electron chi connectivity index (χ0n) is 3.64. The van der Waals surface area contributed by atoms with Crippen molar-refractivity contribution in [1.82, 2.24) is 5.32 Å². The van der Waals surface area contributed by atoms with Gasteiger partial charge in [0.15, 0.2) is 0 Å². The van der Waals surface area contributed by atoms with Crippen molar-refractivity contribution in [2.75, 3.05) is 13.1 Å². The molecule has 6 heavy (non-hydrogen) atoms. The van der Waals surface area contributed by atoms with Crippen LogP contribution in [0.2, 0.25) is 0 Å². The fraction of sp³-hybridized carbons (Fsp3) is 1.00. The number of nitrogens with one attached hydrogen (secondary N) is 1. The quantitative estimate of drug-likeness (QED) is 0.668. The first kappa shape index (κ1) is 6.65. The van der Waals surface area contributed by atoms with Gasteiger partial charge in [0.1, 0.15) is 0 Å². The predicted molar refractivity (Wildman–Crippen MR) is 22.1 cm³/mol. The van der Waals surface area contributed by atoms with Gasteiger partial charge >= 0.3 is 21.1 Å². The maximum absolute atomic E-state index is 3.22. The van der Waals surface area contributed by atoms with E-state index in [9.17, 15) is 0 Å². The molecule has 0 unspecified atom stereocenters. The Balaban J connectivity index is 0.000000250. The summed E-state index contributed by atoms with van der Waals surface area (Å²) in [7, 11) is 0. The Morgan fingerprint density at radius 2 is 1.50 bits per heavy atom. The second-order valence-electron chi connectivity index (χ2n) is 1.46. The molecule has 1 saturated heterocycles. The van der Waals surface area contributed by atoms with Crippen LogP contribution in [0.5, 0.6) is 0 Å². The van der Waals surface area contributed by atoms with Gasteiger partial charge in [-0.15, -0.1) is 0 Å². The van der Waals surface area contributed by atoms with Gasteiger partial charge in [-0.1, -0.05) is 0 Å². The molecule has 0 aromatic heterocycles. The van der Waals surface area contributed by atoms with E-state index in [1.807, 2.05) is 0 Å². The second kappa shape index (κ2) is 3.83. The molecule has 0 atom stereocenters. The zero-order chi connectivity index (χ0) is 3.54. The first-order valence-corrected chi connectivity index (χ1v) is 2.21. The van der Waals surface area contributed by atoms with Crippen LogP contribution in [0.3, 0.4) is 0 Å². The van der Waals surface area contributed by atoms with Crippen LogP contribution in [-0.2, 0) is 21.1 Å². The molecule has 1 heterocycles. The number of hydrogen-bond donors (Lipinski definition) is 1. The molecule has 0 aromatic rings. The minimum atomic E-state index is 0. The van der Waals surface area contributed by atoms with Crippen molar-refractivity contribution in [3.63, 3.8) is 0 Å². The van der Waals surface area contributed by atoms with E-state index < -0.39 is 0 Å². The second-order valence-corrected chi connectivity index (χ2v) is 1.46. The molecule has 0 aromatic carbocycles. The van der Waals surface area contributed by atoms with Crippen LogP contribution in [0.1, 0.15) is 12.8 Å². The smallest absolute Gasteiger partial charge is 0.317 e. The Labute approximate surface area is 52.8 Å². The minimum absolute atomic E-state index is 0. The summed E-state index contributed by atoms with van der Waals surface area (Å²) in [6.45, 7) is 2.50. The molecular weight excluding hydrogens is 257 g/mol.